The van der Waals surface area contributed by atoms with Gasteiger partial charge in [-0.1, -0.05) is 19.8 Å². The molecule has 0 radical (unpaired) electrons. The first-order valence-electron chi connectivity index (χ1n) is 9.32. The molecule has 3 aliphatic rings. The van der Waals surface area contributed by atoms with E-state index in [-0.39, 0.29) is 29.5 Å². The second kappa shape index (κ2) is 8.54. The molecule has 3 rings (SSSR count). The van der Waals surface area contributed by atoms with Gasteiger partial charge in [0, 0.05) is 19.1 Å². The summed E-state index contributed by atoms with van der Waals surface area (Å²) in [4.78, 5) is 6.87. The number of likely N-dealkylation sites (N-methyl/N-ethyl adjacent to an activating group) is 1. The van der Waals surface area contributed by atoms with Crippen LogP contribution in [0.1, 0.15) is 51.9 Å². The number of aliphatic imine (C=N–C) groups is 1. The van der Waals surface area contributed by atoms with Gasteiger partial charge in [0.25, 0.3) is 0 Å². The zero-order valence-electron chi connectivity index (χ0n) is 15.7. The van der Waals surface area contributed by atoms with Crippen molar-refractivity contribution in [2.45, 2.75) is 75.7 Å². The Morgan fingerprint density at radius 1 is 1.29 bits per heavy atom. The molecule has 3 fully saturated rings. The fourth-order valence-electron chi connectivity index (χ4n) is 4.77. The minimum atomic E-state index is 0. The molecule has 5 nitrogen and oxygen atoms in total. The fourth-order valence-corrected chi connectivity index (χ4v) is 4.77. The molecule has 2 saturated heterocycles. The number of hydrogen-bond donors (Lipinski definition) is 2. The second-order valence-electron chi connectivity index (χ2n) is 8.11. The molecule has 0 aromatic heterocycles. The van der Waals surface area contributed by atoms with E-state index in [0.29, 0.717) is 18.2 Å². The Kier molecular flexibility index (Phi) is 7.20. The van der Waals surface area contributed by atoms with Crippen molar-refractivity contribution in [3.05, 3.63) is 0 Å². The van der Waals surface area contributed by atoms with Crippen LogP contribution in [0.25, 0.3) is 0 Å². The normalized spacial score (nSPS) is 39.0. The van der Waals surface area contributed by atoms with Gasteiger partial charge in [-0.2, -0.15) is 0 Å². The van der Waals surface area contributed by atoms with Crippen molar-refractivity contribution in [3.63, 3.8) is 0 Å². The van der Waals surface area contributed by atoms with Crippen LogP contribution in [-0.2, 0) is 4.74 Å². The third kappa shape index (κ3) is 4.36. The molecule has 0 aromatic carbocycles. The predicted octanol–water partition coefficient (Wildman–Crippen LogP) is 2.60. The van der Waals surface area contributed by atoms with Crippen LogP contribution < -0.4 is 10.6 Å². The molecule has 0 spiro atoms. The average molecular weight is 450 g/mol. The molecule has 5 atom stereocenters. The van der Waals surface area contributed by atoms with E-state index >= 15 is 0 Å². The molecule has 5 unspecified atom stereocenters. The summed E-state index contributed by atoms with van der Waals surface area (Å²) in [6.45, 7) is 3.35. The van der Waals surface area contributed by atoms with Crippen LogP contribution in [0.3, 0.4) is 0 Å². The van der Waals surface area contributed by atoms with Gasteiger partial charge < -0.3 is 20.3 Å². The first-order valence-corrected chi connectivity index (χ1v) is 9.32. The molecular formula is C18H35IN4O. The zero-order valence-corrected chi connectivity index (χ0v) is 18.0. The Morgan fingerprint density at radius 3 is 2.62 bits per heavy atom. The van der Waals surface area contributed by atoms with E-state index in [1.807, 2.05) is 7.05 Å². The minimum Gasteiger partial charge on any atom is -0.373 e. The van der Waals surface area contributed by atoms with Gasteiger partial charge in [0.15, 0.2) is 5.96 Å². The summed E-state index contributed by atoms with van der Waals surface area (Å²) >= 11 is 0. The van der Waals surface area contributed by atoms with Crippen molar-refractivity contribution in [1.29, 1.82) is 0 Å². The highest BCUT2D eigenvalue weighted by atomic mass is 127. The van der Waals surface area contributed by atoms with Crippen molar-refractivity contribution in [3.8, 4) is 0 Å². The second-order valence-corrected chi connectivity index (χ2v) is 8.11. The molecular weight excluding hydrogens is 415 g/mol. The standard InChI is InChI=1S/C18H34N4O.HI/c1-13-6-5-9-18(11-13,22(3)4)12-20-17(19-2)21-15-10-14-7-8-16(15)23-14;/h13-16H,5-12H2,1-4H3,(H2,19,20,21);1H. The summed E-state index contributed by atoms with van der Waals surface area (Å²) < 4.78 is 5.94. The lowest BCUT2D eigenvalue weighted by atomic mass is 9.75. The molecule has 24 heavy (non-hydrogen) atoms. The Labute approximate surface area is 164 Å². The van der Waals surface area contributed by atoms with Gasteiger partial charge in [-0.3, -0.25) is 4.99 Å². The van der Waals surface area contributed by atoms with Gasteiger partial charge in [0.05, 0.1) is 18.2 Å². The van der Waals surface area contributed by atoms with E-state index < -0.39 is 0 Å². The molecule has 0 aromatic rings. The molecule has 0 amide bonds. The van der Waals surface area contributed by atoms with Crippen molar-refractivity contribution in [2.24, 2.45) is 10.9 Å². The molecule has 1 aliphatic carbocycles. The van der Waals surface area contributed by atoms with Crippen LogP contribution >= 0.6 is 24.0 Å². The SMILES string of the molecule is CN=C(NCC1(N(C)C)CCCC(C)C1)NC1CC2CCC1O2.I. The summed E-state index contributed by atoms with van der Waals surface area (Å²) in [5, 5.41) is 7.21. The van der Waals surface area contributed by atoms with Gasteiger partial charge in [0.2, 0.25) is 0 Å². The van der Waals surface area contributed by atoms with E-state index in [1.54, 1.807) is 0 Å². The van der Waals surface area contributed by atoms with Gasteiger partial charge in [-0.25, -0.2) is 0 Å². The molecule has 1 saturated carbocycles. The summed E-state index contributed by atoms with van der Waals surface area (Å²) in [6.07, 6.45) is 9.64. The average Bonchev–Trinajstić information content (AvgIpc) is 3.14. The molecule has 2 heterocycles. The van der Waals surface area contributed by atoms with E-state index in [0.717, 1.165) is 24.8 Å². The van der Waals surface area contributed by atoms with Crippen LogP contribution in [0.15, 0.2) is 4.99 Å². The van der Waals surface area contributed by atoms with E-state index in [1.165, 1.54) is 38.5 Å². The maximum absolute atomic E-state index is 5.94. The minimum absolute atomic E-state index is 0. The van der Waals surface area contributed by atoms with Gasteiger partial charge in [0.1, 0.15) is 0 Å². The van der Waals surface area contributed by atoms with Gasteiger partial charge >= 0.3 is 0 Å². The first kappa shape index (κ1) is 20.2. The van der Waals surface area contributed by atoms with Crippen molar-refractivity contribution >= 4 is 29.9 Å². The highest BCUT2D eigenvalue weighted by molar-refractivity contribution is 14.0. The summed E-state index contributed by atoms with van der Waals surface area (Å²) in [6, 6.07) is 0.431. The third-order valence-electron chi connectivity index (χ3n) is 6.25. The highest BCUT2D eigenvalue weighted by Gasteiger charge is 2.41. The largest absolute Gasteiger partial charge is 0.373 e. The monoisotopic (exact) mass is 450 g/mol. The van der Waals surface area contributed by atoms with E-state index in [9.17, 15) is 0 Å². The number of halogens is 1. The maximum atomic E-state index is 5.94. The van der Waals surface area contributed by atoms with E-state index in [2.05, 4.69) is 41.5 Å². The topological polar surface area (TPSA) is 48.9 Å². The van der Waals surface area contributed by atoms with Crippen LogP contribution in [-0.4, -0.2) is 62.3 Å². The number of fused-ring (bicyclic) bond motifs is 2. The third-order valence-corrected chi connectivity index (χ3v) is 6.25. The van der Waals surface area contributed by atoms with Crippen molar-refractivity contribution in [2.75, 3.05) is 27.7 Å². The zero-order chi connectivity index (χ0) is 16.4. The molecule has 2 aliphatic heterocycles. The lowest BCUT2D eigenvalue weighted by molar-refractivity contribution is 0.0793. The predicted molar refractivity (Wildman–Crippen MR) is 110 cm³/mol. The Hall–Kier alpha value is -0.0800. The first-order chi connectivity index (χ1) is 11.0. The lowest BCUT2D eigenvalue weighted by Crippen LogP contribution is -2.57. The number of guanidine groups is 1. The van der Waals surface area contributed by atoms with Crippen LogP contribution in [0, 0.1) is 5.92 Å². The Bertz CT molecular complexity index is 445. The molecule has 6 heteroatoms. The molecule has 2 bridgehead atoms. The number of nitrogens with zero attached hydrogens (tertiary/aromatic N) is 2. The summed E-state index contributed by atoms with van der Waals surface area (Å²) in [5.74, 6) is 1.74. The van der Waals surface area contributed by atoms with Crippen LogP contribution in [0.4, 0.5) is 0 Å². The lowest BCUT2D eigenvalue weighted by Gasteiger charge is -2.45. The highest BCUT2D eigenvalue weighted by Crippen LogP contribution is 2.36. The Morgan fingerprint density at radius 2 is 2.08 bits per heavy atom. The van der Waals surface area contributed by atoms with Crippen LogP contribution in [0.2, 0.25) is 0 Å². The van der Waals surface area contributed by atoms with E-state index in [4.69, 9.17) is 4.74 Å². The van der Waals surface area contributed by atoms with Gasteiger partial charge in [-0.05, 0) is 52.1 Å². The molecule has 2 N–H and O–H groups in total. The molecule has 140 valence electrons. The smallest absolute Gasteiger partial charge is 0.191 e. The summed E-state index contributed by atoms with van der Waals surface area (Å²) in [7, 11) is 6.31. The number of ether oxygens (including phenoxy) is 1. The fraction of sp³-hybridized carbons (Fsp3) is 0.944. The number of nitrogens with one attached hydrogen (secondary N) is 2. The van der Waals surface area contributed by atoms with Gasteiger partial charge in [-0.15, -0.1) is 24.0 Å². The number of rotatable bonds is 4. The van der Waals surface area contributed by atoms with Crippen LogP contribution in [0.5, 0.6) is 0 Å². The number of hydrogen-bond acceptors (Lipinski definition) is 3. The maximum Gasteiger partial charge on any atom is 0.191 e. The van der Waals surface area contributed by atoms with Crippen molar-refractivity contribution in [1.82, 2.24) is 15.5 Å². The Balaban J connectivity index is 0.00000208. The van der Waals surface area contributed by atoms with Crippen molar-refractivity contribution < 1.29 is 4.74 Å². The quantitative estimate of drug-likeness (QED) is 0.393. The summed E-state index contributed by atoms with van der Waals surface area (Å²) in [5.41, 5.74) is 0.250.